The van der Waals surface area contributed by atoms with Gasteiger partial charge < -0.3 is 16.0 Å². The van der Waals surface area contributed by atoms with Crippen LogP contribution in [0, 0.1) is 64.1 Å². The van der Waals surface area contributed by atoms with Crippen LogP contribution in [0.15, 0.2) is 24.3 Å². The number of benzene rings is 1. The molecule has 0 aromatic heterocycles. The van der Waals surface area contributed by atoms with Crippen LogP contribution < -0.4 is 24.2 Å². The van der Waals surface area contributed by atoms with E-state index in [4.69, 9.17) is 10.00 Å². The Morgan fingerprint density at radius 1 is 1.11 bits per heavy atom. The van der Waals surface area contributed by atoms with Gasteiger partial charge in [-0.15, -0.1) is 5.92 Å². The number of nitriles is 1. The summed E-state index contributed by atoms with van der Waals surface area (Å²) in [6, 6.07) is 9.15. The normalized spacial score (nSPS) is 40.8. The molecule has 1 amide bonds. The van der Waals surface area contributed by atoms with E-state index in [9.17, 15) is 4.79 Å². The average Bonchev–Trinajstić information content (AvgIpc) is 3.65. The van der Waals surface area contributed by atoms with Crippen molar-refractivity contribution in [2.24, 2.45) is 46.8 Å². The van der Waals surface area contributed by atoms with Crippen LogP contribution in [0.5, 0.6) is 0 Å². The van der Waals surface area contributed by atoms with Crippen molar-refractivity contribution in [3.8, 4) is 6.07 Å². The minimum Gasteiger partial charge on any atom is -0.384 e. The van der Waals surface area contributed by atoms with Gasteiger partial charge in [0.05, 0.1) is 11.6 Å². The first-order valence-electron chi connectivity index (χ1n) is 14.3. The summed E-state index contributed by atoms with van der Waals surface area (Å²) in [6.07, 6.45) is 14.0. The second kappa shape index (κ2) is 10.5. The summed E-state index contributed by atoms with van der Waals surface area (Å²) in [5.74, 6) is 7.57. The molecule has 0 spiro atoms. The Labute approximate surface area is 229 Å². The second-order valence-electron chi connectivity index (χ2n) is 12.3. The van der Waals surface area contributed by atoms with E-state index in [0.29, 0.717) is 28.6 Å². The summed E-state index contributed by atoms with van der Waals surface area (Å²) in [6.45, 7) is 3.22. The molecule has 5 heteroatoms. The molecule has 188 valence electrons. The number of nitrogens with one attached hydrogen (secondary N) is 1. The molecule has 6 rings (SSSR count). The third-order valence-electron chi connectivity index (χ3n) is 11.4. The van der Waals surface area contributed by atoms with Gasteiger partial charge in [-0.1, -0.05) is 44.9 Å². The first kappa shape index (κ1) is 26.3. The fourth-order valence-electron chi connectivity index (χ4n) is 9.87. The van der Waals surface area contributed by atoms with Crippen molar-refractivity contribution in [1.82, 2.24) is 5.32 Å². The monoisotopic (exact) mass is 480 g/mol. The average molecular weight is 481 g/mol. The molecule has 0 aliphatic heterocycles. The standard InChI is InChI=1S/C31H41N2O2.Li/c1-3-31-16-15-23-22-11-14-26-28(29(26)35-2)25(22)13-12-24(23)27(31)6-4-5-21(31)18-33-30(34)20-9-7-19(17-32)8-10-20;/h7-10,21-24,26-29H,3-6,11-16,18H2,1-2H3,(H,33,34);/q-1;+1/t21-,22-,23?,24-,26+,27?,28?,29?,31-;/m1./s1. The Bertz CT molecular complexity index is 985. The van der Waals surface area contributed by atoms with Gasteiger partial charge in [-0.2, -0.15) is 17.6 Å². The zero-order valence-electron chi connectivity index (χ0n) is 22.5. The minimum absolute atomic E-state index is 0. The Hall–Kier alpha value is -1.26. The van der Waals surface area contributed by atoms with Crippen LogP contribution in [0.1, 0.15) is 87.1 Å². The summed E-state index contributed by atoms with van der Waals surface area (Å²) >= 11 is 0. The number of hydrogen-bond donors (Lipinski definition) is 1. The molecular formula is C31H41LiN2O2. The second-order valence-corrected chi connectivity index (χ2v) is 12.3. The van der Waals surface area contributed by atoms with Crippen LogP contribution in [-0.2, 0) is 4.74 Å². The molecule has 0 heterocycles. The topological polar surface area (TPSA) is 62.1 Å². The molecule has 9 atom stereocenters. The summed E-state index contributed by atoms with van der Waals surface area (Å²) in [5, 5.41) is 12.3. The van der Waals surface area contributed by atoms with Crippen LogP contribution in [-0.4, -0.2) is 25.7 Å². The van der Waals surface area contributed by atoms with E-state index in [-0.39, 0.29) is 24.8 Å². The first-order valence-corrected chi connectivity index (χ1v) is 14.3. The maximum Gasteiger partial charge on any atom is 1.00 e. The fraction of sp³-hybridized carbons (Fsp3) is 0.710. The van der Waals surface area contributed by atoms with Gasteiger partial charge in [0.15, 0.2) is 0 Å². The molecule has 36 heavy (non-hydrogen) atoms. The summed E-state index contributed by atoms with van der Waals surface area (Å²) in [5.41, 5.74) is 1.64. The van der Waals surface area contributed by atoms with E-state index >= 15 is 0 Å². The van der Waals surface area contributed by atoms with Crippen molar-refractivity contribution < 1.29 is 28.4 Å². The van der Waals surface area contributed by atoms with Crippen molar-refractivity contribution in [1.29, 1.82) is 5.26 Å². The molecule has 5 aliphatic carbocycles. The first-order chi connectivity index (χ1) is 17.1. The molecule has 1 N–H and O–H groups in total. The molecular weight excluding hydrogens is 439 g/mol. The van der Waals surface area contributed by atoms with Gasteiger partial charge >= 0.3 is 18.9 Å². The molecule has 4 unspecified atom stereocenters. The number of ether oxygens (including phenoxy) is 1. The van der Waals surface area contributed by atoms with Crippen molar-refractivity contribution in [3.63, 3.8) is 0 Å². The van der Waals surface area contributed by atoms with Crippen molar-refractivity contribution in [2.45, 2.75) is 77.2 Å². The van der Waals surface area contributed by atoms with Crippen LogP contribution in [0.3, 0.4) is 0 Å². The zero-order valence-corrected chi connectivity index (χ0v) is 22.5. The third-order valence-corrected chi connectivity index (χ3v) is 11.4. The zero-order chi connectivity index (χ0) is 24.2. The molecule has 5 aliphatic rings. The van der Waals surface area contributed by atoms with E-state index in [0.717, 1.165) is 42.1 Å². The Balaban J connectivity index is 0.00000267. The van der Waals surface area contributed by atoms with E-state index in [2.05, 4.69) is 18.3 Å². The maximum atomic E-state index is 12.9. The molecule has 0 radical (unpaired) electrons. The SMILES string of the molecule is CC[C@]12CCC3[C@@H](CC[C-]4C5C(OC)[C@H]5CC[C@@H]43)C1CCC[C@@H]2CNC(=O)c1ccc(C#N)cc1.[Li+]. The third kappa shape index (κ3) is 4.19. The number of fused-ring (bicyclic) bond motifs is 7. The number of hydrogen-bond acceptors (Lipinski definition) is 3. The number of carbonyl (C=O) groups is 1. The summed E-state index contributed by atoms with van der Waals surface area (Å²) < 4.78 is 5.85. The molecule has 1 aromatic carbocycles. The number of amides is 1. The summed E-state index contributed by atoms with van der Waals surface area (Å²) in [7, 11) is 1.92. The van der Waals surface area contributed by atoms with E-state index < -0.39 is 0 Å². The molecule has 4 nitrogen and oxygen atoms in total. The Morgan fingerprint density at radius 3 is 2.64 bits per heavy atom. The van der Waals surface area contributed by atoms with Gasteiger partial charge in [0.1, 0.15) is 0 Å². The quantitative estimate of drug-likeness (QED) is 0.520. The minimum atomic E-state index is 0. The molecule has 0 saturated heterocycles. The van der Waals surface area contributed by atoms with Crippen molar-refractivity contribution in [3.05, 3.63) is 41.3 Å². The number of methoxy groups -OCH3 is 1. The van der Waals surface area contributed by atoms with Gasteiger partial charge in [-0.05, 0) is 79.0 Å². The van der Waals surface area contributed by atoms with Gasteiger partial charge in [0.25, 0.3) is 5.91 Å². The number of carbonyl (C=O) groups excluding carboxylic acids is 1. The summed E-state index contributed by atoms with van der Waals surface area (Å²) in [4.78, 5) is 12.9. The van der Waals surface area contributed by atoms with Crippen LogP contribution in [0.25, 0.3) is 0 Å². The van der Waals surface area contributed by atoms with E-state index in [1.807, 2.05) is 13.0 Å². The number of rotatable bonds is 5. The number of nitrogens with zero attached hydrogens (tertiary/aromatic N) is 1. The van der Waals surface area contributed by atoms with Gasteiger partial charge in [-0.3, -0.25) is 4.79 Å². The van der Waals surface area contributed by atoms with Crippen molar-refractivity contribution >= 4 is 5.91 Å². The largest absolute Gasteiger partial charge is 1.00 e. The molecule has 5 saturated carbocycles. The molecule has 5 fully saturated rings. The predicted molar refractivity (Wildman–Crippen MR) is 136 cm³/mol. The Kier molecular flexibility index (Phi) is 7.67. The fourth-order valence-corrected chi connectivity index (χ4v) is 9.87. The van der Waals surface area contributed by atoms with Gasteiger partial charge in [0.2, 0.25) is 0 Å². The maximum absolute atomic E-state index is 12.9. The molecule has 0 bridgehead atoms. The van der Waals surface area contributed by atoms with Crippen molar-refractivity contribution in [2.75, 3.05) is 13.7 Å². The van der Waals surface area contributed by atoms with Crippen LogP contribution in [0.4, 0.5) is 0 Å². The van der Waals surface area contributed by atoms with E-state index in [1.165, 1.54) is 64.2 Å². The smallest absolute Gasteiger partial charge is 0.384 e. The predicted octanol–water partition coefficient (Wildman–Crippen LogP) is 3.17. The van der Waals surface area contributed by atoms with E-state index in [1.54, 1.807) is 24.3 Å². The van der Waals surface area contributed by atoms with Crippen LogP contribution >= 0.6 is 0 Å². The van der Waals surface area contributed by atoms with Crippen LogP contribution in [0.2, 0.25) is 0 Å². The van der Waals surface area contributed by atoms with Gasteiger partial charge in [-0.25, -0.2) is 0 Å². The Morgan fingerprint density at radius 2 is 1.92 bits per heavy atom. The van der Waals surface area contributed by atoms with Gasteiger partial charge in [0, 0.05) is 25.3 Å². The molecule has 1 aromatic rings.